The zero-order chi connectivity index (χ0) is 20.5. The Hall–Kier alpha value is -3.80. The molecule has 30 heavy (non-hydrogen) atoms. The average Bonchev–Trinajstić information content (AvgIpc) is 3.29. The molecule has 148 valence electrons. The fraction of sp³-hybridized carbons (Fsp3) is 0.125. The number of carbonyl (C=O) groups excluding carboxylic acids is 1. The number of fused-ring (bicyclic) bond motifs is 1. The lowest BCUT2D eigenvalue weighted by atomic mass is 9.99. The quantitative estimate of drug-likeness (QED) is 0.518. The van der Waals surface area contributed by atoms with Gasteiger partial charge >= 0.3 is 0 Å². The fourth-order valence-corrected chi connectivity index (χ4v) is 3.84. The molecule has 5 rings (SSSR count). The predicted molar refractivity (Wildman–Crippen MR) is 112 cm³/mol. The topological polar surface area (TPSA) is 51.0 Å². The van der Waals surface area contributed by atoms with Crippen molar-refractivity contribution in [3.63, 3.8) is 0 Å². The molecule has 0 fully saturated rings. The summed E-state index contributed by atoms with van der Waals surface area (Å²) in [4.78, 5) is 14.9. The number of nitrogens with zero attached hydrogens (tertiary/aromatic N) is 4. The van der Waals surface area contributed by atoms with E-state index in [9.17, 15) is 9.18 Å². The molecular formula is C24H19FN4O. The minimum Gasteiger partial charge on any atom is -0.334 e. The van der Waals surface area contributed by atoms with Crippen LogP contribution < -0.4 is 0 Å². The van der Waals surface area contributed by atoms with E-state index in [1.807, 2.05) is 41.3 Å². The van der Waals surface area contributed by atoms with Crippen LogP contribution in [0.5, 0.6) is 0 Å². The van der Waals surface area contributed by atoms with Crippen LogP contribution in [0.3, 0.4) is 0 Å². The summed E-state index contributed by atoms with van der Waals surface area (Å²) in [6.07, 6.45) is 2.51. The summed E-state index contributed by atoms with van der Waals surface area (Å²) in [6, 6.07) is 21.8. The lowest BCUT2D eigenvalue weighted by Gasteiger charge is -2.29. The molecule has 5 nitrogen and oxygen atoms in total. The van der Waals surface area contributed by atoms with E-state index in [2.05, 4.69) is 22.4 Å². The third-order valence-electron chi connectivity index (χ3n) is 5.47. The average molecular weight is 398 g/mol. The van der Waals surface area contributed by atoms with Crippen LogP contribution >= 0.6 is 0 Å². The Labute approximate surface area is 173 Å². The second-order valence-corrected chi connectivity index (χ2v) is 7.33. The van der Waals surface area contributed by atoms with Crippen molar-refractivity contribution in [3.05, 3.63) is 102 Å². The third-order valence-corrected chi connectivity index (χ3v) is 5.47. The summed E-state index contributed by atoms with van der Waals surface area (Å²) in [6.45, 7) is 1.35. The second kappa shape index (κ2) is 7.55. The van der Waals surface area contributed by atoms with Gasteiger partial charge in [0.25, 0.3) is 5.91 Å². The molecule has 0 saturated heterocycles. The Morgan fingerprint density at radius 1 is 0.900 bits per heavy atom. The molecule has 0 atom stereocenters. The van der Waals surface area contributed by atoms with Crippen LogP contribution in [-0.4, -0.2) is 32.3 Å². The van der Waals surface area contributed by atoms with Crippen molar-refractivity contribution in [1.29, 1.82) is 0 Å². The Morgan fingerprint density at radius 2 is 1.63 bits per heavy atom. The summed E-state index contributed by atoms with van der Waals surface area (Å²) in [5.74, 6) is -0.269. The maximum Gasteiger partial charge on any atom is 0.254 e. The number of benzene rings is 3. The first-order chi connectivity index (χ1) is 14.7. The predicted octanol–water partition coefficient (Wildman–Crippen LogP) is 4.27. The van der Waals surface area contributed by atoms with E-state index in [-0.39, 0.29) is 11.7 Å². The van der Waals surface area contributed by atoms with Gasteiger partial charge in [-0.05, 0) is 66.1 Å². The molecule has 0 N–H and O–H groups in total. The van der Waals surface area contributed by atoms with Crippen LogP contribution in [0.2, 0.25) is 0 Å². The summed E-state index contributed by atoms with van der Waals surface area (Å²) in [5, 5.41) is 8.15. The first-order valence-corrected chi connectivity index (χ1v) is 9.82. The molecule has 6 heteroatoms. The van der Waals surface area contributed by atoms with E-state index in [1.54, 1.807) is 23.0 Å². The molecule has 0 spiro atoms. The highest BCUT2D eigenvalue weighted by Gasteiger charge is 2.21. The van der Waals surface area contributed by atoms with E-state index >= 15 is 0 Å². The molecule has 1 aliphatic heterocycles. The molecule has 0 aliphatic carbocycles. The molecule has 1 aliphatic rings. The standard InChI is InChI=1S/C24H19FN4O/c25-21-9-5-18(6-10-21)23-15-26-27-29(23)22-11-7-19(8-12-22)24(30)28-14-13-17-3-1-2-4-20(17)16-28/h1-12,15H,13-14,16H2. The number of carbonyl (C=O) groups is 1. The fourth-order valence-electron chi connectivity index (χ4n) is 3.84. The van der Waals surface area contributed by atoms with Crippen LogP contribution in [0.15, 0.2) is 79.0 Å². The van der Waals surface area contributed by atoms with Crippen molar-refractivity contribution in [1.82, 2.24) is 19.9 Å². The highest BCUT2D eigenvalue weighted by molar-refractivity contribution is 5.94. The molecule has 2 heterocycles. The van der Waals surface area contributed by atoms with E-state index in [4.69, 9.17) is 0 Å². The lowest BCUT2D eigenvalue weighted by molar-refractivity contribution is 0.0734. The SMILES string of the molecule is O=C(c1ccc(-n2nncc2-c2ccc(F)cc2)cc1)N1CCc2ccccc2C1. The van der Waals surface area contributed by atoms with Gasteiger partial charge in [0.05, 0.1) is 17.6 Å². The number of aromatic nitrogens is 3. The van der Waals surface area contributed by atoms with Gasteiger partial charge in [0.1, 0.15) is 5.82 Å². The third kappa shape index (κ3) is 3.37. The van der Waals surface area contributed by atoms with Gasteiger partial charge in [0.15, 0.2) is 0 Å². The van der Waals surface area contributed by atoms with Crippen molar-refractivity contribution in [2.24, 2.45) is 0 Å². The molecule has 0 radical (unpaired) electrons. The van der Waals surface area contributed by atoms with Crippen molar-refractivity contribution in [2.45, 2.75) is 13.0 Å². The van der Waals surface area contributed by atoms with Crippen LogP contribution in [0, 0.1) is 5.82 Å². The second-order valence-electron chi connectivity index (χ2n) is 7.33. The zero-order valence-corrected chi connectivity index (χ0v) is 16.2. The minimum atomic E-state index is -0.291. The van der Waals surface area contributed by atoms with Crippen molar-refractivity contribution in [2.75, 3.05) is 6.54 Å². The van der Waals surface area contributed by atoms with Gasteiger partial charge in [0, 0.05) is 24.2 Å². The lowest BCUT2D eigenvalue weighted by Crippen LogP contribution is -2.35. The van der Waals surface area contributed by atoms with Gasteiger partial charge in [-0.15, -0.1) is 5.10 Å². The Balaban J connectivity index is 1.37. The number of halogens is 1. The van der Waals surface area contributed by atoms with E-state index < -0.39 is 0 Å². The number of amides is 1. The van der Waals surface area contributed by atoms with Gasteiger partial charge in [-0.3, -0.25) is 4.79 Å². The van der Waals surface area contributed by atoms with Gasteiger partial charge in [-0.25, -0.2) is 9.07 Å². The van der Waals surface area contributed by atoms with E-state index in [0.717, 1.165) is 29.9 Å². The first kappa shape index (κ1) is 18.2. The van der Waals surface area contributed by atoms with Crippen molar-refractivity contribution < 1.29 is 9.18 Å². The molecule has 0 bridgehead atoms. The number of hydrogen-bond acceptors (Lipinski definition) is 3. The van der Waals surface area contributed by atoms with E-state index in [0.29, 0.717) is 12.1 Å². The molecule has 0 saturated carbocycles. The molecule has 1 amide bonds. The van der Waals surface area contributed by atoms with Gasteiger partial charge in [-0.1, -0.05) is 29.5 Å². The zero-order valence-electron chi connectivity index (χ0n) is 16.2. The summed E-state index contributed by atoms with van der Waals surface area (Å²) >= 11 is 0. The van der Waals surface area contributed by atoms with Gasteiger partial charge in [-0.2, -0.15) is 0 Å². The van der Waals surface area contributed by atoms with Gasteiger partial charge < -0.3 is 4.90 Å². The Morgan fingerprint density at radius 3 is 2.40 bits per heavy atom. The molecular weight excluding hydrogens is 379 g/mol. The largest absolute Gasteiger partial charge is 0.334 e. The maximum atomic E-state index is 13.2. The minimum absolute atomic E-state index is 0.0217. The highest BCUT2D eigenvalue weighted by Crippen LogP contribution is 2.23. The normalized spacial score (nSPS) is 13.2. The Kier molecular flexibility index (Phi) is 4.59. The van der Waals surface area contributed by atoms with Crippen LogP contribution in [0.25, 0.3) is 16.9 Å². The van der Waals surface area contributed by atoms with Crippen molar-refractivity contribution in [3.8, 4) is 16.9 Å². The maximum absolute atomic E-state index is 13.2. The summed E-state index contributed by atoms with van der Waals surface area (Å²) < 4.78 is 14.9. The molecule has 1 aromatic heterocycles. The molecule has 3 aromatic carbocycles. The number of hydrogen-bond donors (Lipinski definition) is 0. The molecule has 4 aromatic rings. The van der Waals surface area contributed by atoms with Crippen LogP contribution in [0.4, 0.5) is 4.39 Å². The number of rotatable bonds is 3. The van der Waals surface area contributed by atoms with Crippen LogP contribution in [0.1, 0.15) is 21.5 Å². The van der Waals surface area contributed by atoms with E-state index in [1.165, 1.54) is 23.3 Å². The Bertz CT molecular complexity index is 1200. The first-order valence-electron chi connectivity index (χ1n) is 9.82. The smallest absolute Gasteiger partial charge is 0.254 e. The van der Waals surface area contributed by atoms with Crippen molar-refractivity contribution >= 4 is 5.91 Å². The molecule has 0 unspecified atom stereocenters. The summed E-state index contributed by atoms with van der Waals surface area (Å²) in [5.41, 5.74) is 5.51. The summed E-state index contributed by atoms with van der Waals surface area (Å²) in [7, 11) is 0. The highest BCUT2D eigenvalue weighted by atomic mass is 19.1. The van der Waals surface area contributed by atoms with Gasteiger partial charge in [0.2, 0.25) is 0 Å². The monoisotopic (exact) mass is 398 g/mol. The van der Waals surface area contributed by atoms with Crippen LogP contribution in [-0.2, 0) is 13.0 Å².